The van der Waals surface area contributed by atoms with Crippen LogP contribution in [0.15, 0.2) is 0 Å². The van der Waals surface area contributed by atoms with Crippen LogP contribution in [0.5, 0.6) is 0 Å². The van der Waals surface area contributed by atoms with Crippen LogP contribution in [-0.4, -0.2) is 26.2 Å². The van der Waals surface area contributed by atoms with Crippen molar-refractivity contribution in [3.8, 4) is 0 Å². The number of hydrogen-bond donors (Lipinski definition) is 2. The van der Waals surface area contributed by atoms with Gasteiger partial charge in [0.1, 0.15) is 12.4 Å². The van der Waals surface area contributed by atoms with E-state index >= 15 is 0 Å². The molecule has 0 saturated carbocycles. The Balaban J connectivity index is 2.72. The molecule has 1 aromatic rings. The Hall–Kier alpha value is -1.17. The van der Waals surface area contributed by atoms with Crippen molar-refractivity contribution < 1.29 is 4.79 Å². The number of aromatic amines is 1. The number of carbonyl (C=O) groups excluding carboxylic acids is 1. The Labute approximate surface area is 93.9 Å². The molecule has 6 heteroatoms. The van der Waals surface area contributed by atoms with Gasteiger partial charge in [0.25, 0.3) is 0 Å². The van der Waals surface area contributed by atoms with Gasteiger partial charge < -0.3 is 5.32 Å². The zero-order chi connectivity index (χ0) is 11.6. The van der Waals surface area contributed by atoms with E-state index in [1.54, 1.807) is 11.5 Å². The van der Waals surface area contributed by atoms with E-state index in [0.717, 1.165) is 0 Å². The normalized spacial score (nSPS) is 11.5. The fourth-order valence-electron chi connectivity index (χ4n) is 1.18. The molecule has 84 valence electrons. The van der Waals surface area contributed by atoms with Crippen LogP contribution in [0, 0.1) is 11.7 Å². The summed E-state index contributed by atoms with van der Waals surface area (Å²) in [5, 5.41) is 9.44. The zero-order valence-electron chi connectivity index (χ0n) is 9.42. The first-order valence-electron chi connectivity index (χ1n) is 4.72. The average Bonchev–Trinajstić information content (AvgIpc) is 2.32. The highest BCUT2D eigenvalue weighted by atomic mass is 32.1. The van der Waals surface area contributed by atoms with Gasteiger partial charge in [-0.15, -0.1) is 0 Å². The van der Waals surface area contributed by atoms with Crippen LogP contribution in [0.2, 0.25) is 0 Å². The highest BCUT2D eigenvalue weighted by molar-refractivity contribution is 7.71. The Kier molecular flexibility index (Phi) is 3.28. The molecule has 0 aliphatic rings. The second-order valence-corrected chi connectivity index (χ2v) is 4.85. The van der Waals surface area contributed by atoms with Crippen LogP contribution in [-0.2, 0) is 11.3 Å². The minimum Gasteiger partial charge on any atom is -0.350 e. The molecule has 0 unspecified atom stereocenters. The molecule has 0 atom stereocenters. The molecular formula is C9H16N4OS. The smallest absolute Gasteiger partial charge is 0.240 e. The number of hydrogen-bond acceptors (Lipinski definition) is 3. The predicted molar refractivity (Wildman–Crippen MR) is 60.0 cm³/mol. The molecule has 2 N–H and O–H groups in total. The summed E-state index contributed by atoms with van der Waals surface area (Å²) in [4.78, 5) is 11.6. The predicted octanol–water partition coefficient (Wildman–Crippen LogP) is 1.16. The molecule has 5 nitrogen and oxygen atoms in total. The maximum atomic E-state index is 11.6. The lowest BCUT2D eigenvalue weighted by Crippen LogP contribution is -2.42. The molecule has 15 heavy (non-hydrogen) atoms. The van der Waals surface area contributed by atoms with Crippen molar-refractivity contribution in [2.24, 2.45) is 0 Å². The first-order chi connectivity index (χ1) is 6.79. The van der Waals surface area contributed by atoms with Gasteiger partial charge in [0, 0.05) is 5.54 Å². The highest BCUT2D eigenvalue weighted by Gasteiger charge is 2.14. The number of H-pyrrole nitrogens is 1. The van der Waals surface area contributed by atoms with Crippen molar-refractivity contribution in [3.05, 3.63) is 10.6 Å². The fourth-order valence-corrected chi connectivity index (χ4v) is 1.43. The third-order valence-corrected chi connectivity index (χ3v) is 2.08. The molecule has 0 spiro atoms. The van der Waals surface area contributed by atoms with Crippen molar-refractivity contribution in [2.45, 2.75) is 39.8 Å². The minimum atomic E-state index is -0.225. The summed E-state index contributed by atoms with van der Waals surface area (Å²) in [5.41, 5.74) is -0.225. The van der Waals surface area contributed by atoms with E-state index in [4.69, 9.17) is 12.2 Å². The summed E-state index contributed by atoms with van der Waals surface area (Å²) >= 11 is 5.00. The van der Waals surface area contributed by atoms with Gasteiger partial charge in [0.2, 0.25) is 5.91 Å². The first-order valence-corrected chi connectivity index (χ1v) is 5.13. The van der Waals surface area contributed by atoms with E-state index in [1.807, 2.05) is 20.8 Å². The third-order valence-electron chi connectivity index (χ3n) is 1.77. The van der Waals surface area contributed by atoms with E-state index < -0.39 is 0 Å². The van der Waals surface area contributed by atoms with Gasteiger partial charge in [-0.3, -0.25) is 14.5 Å². The Morgan fingerprint density at radius 2 is 2.20 bits per heavy atom. The molecule has 0 aliphatic heterocycles. The lowest BCUT2D eigenvalue weighted by atomic mass is 10.1. The van der Waals surface area contributed by atoms with Gasteiger partial charge in [-0.2, -0.15) is 5.10 Å². The molecule has 1 amide bonds. The summed E-state index contributed by atoms with van der Waals surface area (Å²) in [7, 11) is 0. The Bertz CT molecular complexity index is 412. The van der Waals surface area contributed by atoms with Crippen molar-refractivity contribution in [1.82, 2.24) is 20.1 Å². The van der Waals surface area contributed by atoms with E-state index in [0.29, 0.717) is 10.6 Å². The molecule has 0 aliphatic carbocycles. The minimum absolute atomic E-state index is 0.0666. The largest absolute Gasteiger partial charge is 0.350 e. The molecule has 1 aromatic heterocycles. The molecule has 0 radical (unpaired) electrons. The maximum Gasteiger partial charge on any atom is 0.240 e. The SMILES string of the molecule is Cc1n[nH]c(=S)n1CC(=O)NC(C)(C)C. The van der Waals surface area contributed by atoms with E-state index in [1.165, 1.54) is 0 Å². The number of rotatable bonds is 2. The topological polar surface area (TPSA) is 62.7 Å². The van der Waals surface area contributed by atoms with Gasteiger partial charge in [0.15, 0.2) is 4.77 Å². The summed E-state index contributed by atoms with van der Waals surface area (Å²) in [6.07, 6.45) is 0. The second-order valence-electron chi connectivity index (χ2n) is 4.46. The molecule has 0 bridgehead atoms. The maximum absolute atomic E-state index is 11.6. The van der Waals surface area contributed by atoms with Crippen molar-refractivity contribution in [1.29, 1.82) is 0 Å². The van der Waals surface area contributed by atoms with Crippen LogP contribution in [0.1, 0.15) is 26.6 Å². The lowest BCUT2D eigenvalue weighted by Gasteiger charge is -2.20. The van der Waals surface area contributed by atoms with Crippen molar-refractivity contribution in [2.75, 3.05) is 0 Å². The first kappa shape index (κ1) is 11.9. The van der Waals surface area contributed by atoms with Gasteiger partial charge in [-0.25, -0.2) is 0 Å². The number of aryl methyl sites for hydroxylation is 1. The van der Waals surface area contributed by atoms with Crippen LogP contribution in [0.4, 0.5) is 0 Å². The van der Waals surface area contributed by atoms with E-state index in [9.17, 15) is 4.79 Å². The van der Waals surface area contributed by atoms with Gasteiger partial charge in [-0.1, -0.05) is 0 Å². The molecule has 1 heterocycles. The summed E-state index contributed by atoms with van der Waals surface area (Å²) in [6, 6.07) is 0. The molecule has 0 saturated heterocycles. The van der Waals surface area contributed by atoms with E-state index in [2.05, 4.69) is 15.5 Å². The van der Waals surface area contributed by atoms with E-state index in [-0.39, 0.29) is 18.0 Å². The third kappa shape index (κ3) is 3.47. The fraction of sp³-hybridized carbons (Fsp3) is 0.667. The monoisotopic (exact) mass is 228 g/mol. The van der Waals surface area contributed by atoms with Crippen LogP contribution in [0.25, 0.3) is 0 Å². The highest BCUT2D eigenvalue weighted by Crippen LogP contribution is 2.00. The van der Waals surface area contributed by atoms with Crippen molar-refractivity contribution in [3.63, 3.8) is 0 Å². The zero-order valence-corrected chi connectivity index (χ0v) is 10.2. The molecule has 0 fully saturated rings. The van der Waals surface area contributed by atoms with Gasteiger partial charge in [-0.05, 0) is 39.9 Å². The van der Waals surface area contributed by atoms with Crippen molar-refractivity contribution >= 4 is 18.1 Å². The number of aromatic nitrogens is 3. The lowest BCUT2D eigenvalue weighted by molar-refractivity contribution is -0.123. The average molecular weight is 228 g/mol. The Morgan fingerprint density at radius 3 is 2.60 bits per heavy atom. The number of carbonyl (C=O) groups is 1. The number of nitrogens with one attached hydrogen (secondary N) is 2. The molecule has 0 aromatic carbocycles. The molecule has 1 rings (SSSR count). The number of amides is 1. The summed E-state index contributed by atoms with van der Waals surface area (Å²) in [6.45, 7) is 7.82. The van der Waals surface area contributed by atoms with Crippen LogP contribution < -0.4 is 5.32 Å². The Morgan fingerprint density at radius 1 is 1.60 bits per heavy atom. The van der Waals surface area contributed by atoms with Crippen LogP contribution in [0.3, 0.4) is 0 Å². The second kappa shape index (κ2) is 4.14. The summed E-state index contributed by atoms with van der Waals surface area (Å²) < 4.78 is 2.13. The summed E-state index contributed by atoms with van der Waals surface area (Å²) in [5.74, 6) is 0.646. The quantitative estimate of drug-likeness (QED) is 0.747. The standard InChI is InChI=1S/C9H16N4OS/c1-6-11-12-8(15)13(6)5-7(14)10-9(2,3)4/h5H2,1-4H3,(H,10,14)(H,12,15). The van der Waals surface area contributed by atoms with Gasteiger partial charge >= 0.3 is 0 Å². The van der Waals surface area contributed by atoms with Crippen LogP contribution >= 0.6 is 12.2 Å². The molecular weight excluding hydrogens is 212 g/mol. The number of nitrogens with zero attached hydrogens (tertiary/aromatic N) is 2. The van der Waals surface area contributed by atoms with Gasteiger partial charge in [0.05, 0.1) is 0 Å².